The van der Waals surface area contributed by atoms with Crippen LogP contribution in [0.15, 0.2) is 39.3 Å². The molecule has 0 unspecified atom stereocenters. The van der Waals surface area contributed by atoms with Gasteiger partial charge in [0, 0.05) is 11.1 Å². The molecular weight excluding hydrogens is 406 g/mol. The minimum Gasteiger partial charge on any atom is -0.413 e. The van der Waals surface area contributed by atoms with Gasteiger partial charge in [-0.15, -0.1) is 10.2 Å². The molecule has 0 aliphatic carbocycles. The monoisotopic (exact) mass is 418 g/mol. The minimum absolute atomic E-state index is 0.0179. The van der Waals surface area contributed by atoms with Gasteiger partial charge in [-0.3, -0.25) is 4.31 Å². The first-order valence-corrected chi connectivity index (χ1v) is 9.62. The fourth-order valence-corrected chi connectivity index (χ4v) is 3.45. The number of sulfonamides is 1. The third-order valence-electron chi connectivity index (χ3n) is 3.50. The molecule has 0 saturated carbocycles. The van der Waals surface area contributed by atoms with Crippen LogP contribution in [0.5, 0.6) is 0 Å². The highest BCUT2D eigenvalue weighted by Gasteiger charge is 2.24. The molecule has 3 aromatic rings. The second kappa shape index (κ2) is 7.61. The van der Waals surface area contributed by atoms with Crippen LogP contribution in [0.2, 0.25) is 5.02 Å². The van der Waals surface area contributed by atoms with E-state index in [1.807, 2.05) is 0 Å². The summed E-state index contributed by atoms with van der Waals surface area (Å²) >= 11 is 5.95. The van der Waals surface area contributed by atoms with Crippen molar-refractivity contribution in [1.29, 1.82) is 0 Å². The number of nitrogens with zero attached hydrogens (tertiary/aromatic N) is 4. The van der Waals surface area contributed by atoms with Crippen molar-refractivity contribution >= 4 is 27.3 Å². The summed E-state index contributed by atoms with van der Waals surface area (Å²) in [6.45, 7) is 1.32. The van der Waals surface area contributed by atoms with Crippen LogP contribution >= 0.6 is 11.6 Å². The maximum atomic E-state index is 12.5. The minimum atomic E-state index is -3.65. The summed E-state index contributed by atoms with van der Waals surface area (Å²) in [5.74, 6) is -1.10. The van der Waals surface area contributed by atoms with Gasteiger partial charge in [0.25, 0.3) is 11.8 Å². The Hall–Kier alpha value is -2.53. The van der Waals surface area contributed by atoms with Crippen molar-refractivity contribution in [3.63, 3.8) is 0 Å². The Bertz CT molecular complexity index is 1040. The fraction of sp³-hybridized carbons (Fsp3) is 0.267. The van der Waals surface area contributed by atoms with Gasteiger partial charge in [0.05, 0.1) is 18.0 Å². The Balaban J connectivity index is 1.89. The lowest BCUT2D eigenvalue weighted by Gasteiger charge is -2.22. The Kier molecular flexibility index (Phi) is 5.42. The van der Waals surface area contributed by atoms with Crippen LogP contribution < -0.4 is 4.31 Å². The largest absolute Gasteiger partial charge is 0.413 e. The van der Waals surface area contributed by atoms with Gasteiger partial charge in [-0.2, -0.15) is 8.78 Å². The van der Waals surface area contributed by atoms with Gasteiger partial charge in [-0.1, -0.05) is 22.8 Å². The van der Waals surface area contributed by atoms with E-state index in [0.717, 1.165) is 4.31 Å². The molecule has 0 N–H and O–H groups in total. The molecule has 0 aliphatic heterocycles. The molecule has 3 rings (SSSR count). The van der Waals surface area contributed by atoms with E-state index < -0.39 is 22.3 Å². The van der Waals surface area contributed by atoms with E-state index in [9.17, 15) is 17.2 Å². The molecule has 0 saturated heterocycles. The van der Waals surface area contributed by atoms with Crippen molar-refractivity contribution in [3.8, 4) is 11.6 Å². The van der Waals surface area contributed by atoms with E-state index in [1.165, 1.54) is 19.1 Å². The molecule has 2 heterocycles. The van der Waals surface area contributed by atoms with E-state index in [1.54, 1.807) is 18.2 Å². The highest BCUT2D eigenvalue weighted by atomic mass is 35.5. The van der Waals surface area contributed by atoms with Gasteiger partial charge in [0.2, 0.25) is 10.0 Å². The molecule has 0 atom stereocenters. The number of alkyl halides is 2. The first kappa shape index (κ1) is 19.2. The quantitative estimate of drug-likeness (QED) is 0.576. The molecule has 8 nitrogen and oxygen atoms in total. The van der Waals surface area contributed by atoms with Gasteiger partial charge < -0.3 is 8.94 Å². The molecule has 0 fully saturated rings. The van der Waals surface area contributed by atoms with Crippen molar-refractivity contribution in [2.75, 3.05) is 10.1 Å². The normalized spacial score (nSPS) is 11.9. The van der Waals surface area contributed by atoms with Gasteiger partial charge in [-0.05, 0) is 25.1 Å². The topological polar surface area (TPSA) is 102 Å². The molecule has 0 radical (unpaired) electrons. The summed E-state index contributed by atoms with van der Waals surface area (Å²) in [7, 11) is -3.65. The van der Waals surface area contributed by atoms with E-state index in [0.29, 0.717) is 10.7 Å². The highest BCUT2D eigenvalue weighted by molar-refractivity contribution is 7.92. The van der Waals surface area contributed by atoms with Crippen molar-refractivity contribution in [2.24, 2.45) is 0 Å². The van der Waals surface area contributed by atoms with Crippen LogP contribution in [-0.4, -0.2) is 29.5 Å². The number of aromatic nitrogens is 3. The molecule has 27 heavy (non-hydrogen) atoms. The Morgan fingerprint density at radius 3 is 2.67 bits per heavy atom. The summed E-state index contributed by atoms with van der Waals surface area (Å²) in [5.41, 5.74) is 0.365. The number of anilines is 1. The lowest BCUT2D eigenvalue weighted by Crippen LogP contribution is -2.31. The molecule has 1 aromatic carbocycles. The number of hydrogen-bond donors (Lipinski definition) is 0. The molecular formula is C15H13ClF2N4O4S. The SMILES string of the molecule is CCS(=O)(=O)N(Cc1cc(-c2nnc(C(F)F)o2)no1)c1cccc(Cl)c1. The molecule has 0 amide bonds. The predicted octanol–water partition coefficient (Wildman–Crippen LogP) is 3.67. The average molecular weight is 419 g/mol. The number of rotatable bonds is 7. The smallest absolute Gasteiger partial charge is 0.314 e. The fourth-order valence-electron chi connectivity index (χ4n) is 2.19. The van der Waals surface area contributed by atoms with Gasteiger partial charge >= 0.3 is 6.43 Å². The van der Waals surface area contributed by atoms with E-state index in [-0.39, 0.29) is 29.6 Å². The van der Waals surface area contributed by atoms with Gasteiger partial charge in [-0.25, -0.2) is 8.42 Å². The number of hydrogen-bond acceptors (Lipinski definition) is 7. The first-order valence-electron chi connectivity index (χ1n) is 7.63. The summed E-state index contributed by atoms with van der Waals surface area (Å²) in [5, 5.41) is 10.7. The van der Waals surface area contributed by atoms with E-state index in [4.69, 9.17) is 20.5 Å². The Labute approximate surface area is 157 Å². The van der Waals surface area contributed by atoms with Crippen LogP contribution in [0.25, 0.3) is 11.6 Å². The van der Waals surface area contributed by atoms with Crippen molar-refractivity contribution in [3.05, 3.63) is 47.0 Å². The Morgan fingerprint density at radius 2 is 2.04 bits per heavy atom. The maximum absolute atomic E-state index is 12.5. The standard InChI is InChI=1S/C15H13ClF2N4O4S/c1-2-27(23,24)22(10-5-3-4-9(16)6-10)8-11-7-12(21-26-11)14-19-20-15(25-14)13(17)18/h3-7,13H,2,8H2,1H3. The zero-order valence-corrected chi connectivity index (χ0v) is 15.4. The van der Waals surface area contributed by atoms with Gasteiger partial charge in [0.15, 0.2) is 11.5 Å². The molecule has 0 aliphatic rings. The second-order valence-corrected chi connectivity index (χ2v) is 7.93. The lowest BCUT2D eigenvalue weighted by atomic mass is 10.3. The Morgan fingerprint density at radius 1 is 1.26 bits per heavy atom. The number of halogens is 3. The zero-order chi connectivity index (χ0) is 19.6. The zero-order valence-electron chi connectivity index (χ0n) is 13.8. The second-order valence-electron chi connectivity index (χ2n) is 5.31. The van der Waals surface area contributed by atoms with Crippen LogP contribution in [0.1, 0.15) is 25.0 Å². The van der Waals surface area contributed by atoms with Crippen molar-refractivity contribution in [1.82, 2.24) is 15.4 Å². The van der Waals surface area contributed by atoms with Crippen LogP contribution in [0.4, 0.5) is 14.5 Å². The molecule has 0 bridgehead atoms. The maximum Gasteiger partial charge on any atom is 0.314 e. The molecule has 0 spiro atoms. The summed E-state index contributed by atoms with van der Waals surface area (Å²) in [4.78, 5) is 0. The third kappa shape index (κ3) is 4.25. The van der Waals surface area contributed by atoms with Crippen molar-refractivity contribution < 1.29 is 26.1 Å². The average Bonchev–Trinajstić information content (AvgIpc) is 3.28. The summed E-state index contributed by atoms with van der Waals surface area (Å²) < 4.78 is 61.0. The summed E-state index contributed by atoms with van der Waals surface area (Å²) in [6, 6.07) is 7.66. The number of benzene rings is 1. The van der Waals surface area contributed by atoms with Gasteiger partial charge in [0.1, 0.15) is 0 Å². The molecule has 12 heteroatoms. The highest BCUT2D eigenvalue weighted by Crippen LogP contribution is 2.27. The molecule has 2 aromatic heterocycles. The first-order chi connectivity index (χ1) is 12.8. The predicted molar refractivity (Wildman–Crippen MR) is 91.8 cm³/mol. The van der Waals surface area contributed by atoms with Crippen molar-refractivity contribution in [2.45, 2.75) is 19.9 Å². The summed E-state index contributed by atoms with van der Waals surface area (Å²) in [6.07, 6.45) is -2.91. The van der Waals surface area contributed by atoms with E-state index >= 15 is 0 Å². The lowest BCUT2D eigenvalue weighted by molar-refractivity contribution is 0.116. The van der Waals surface area contributed by atoms with Crippen LogP contribution in [0.3, 0.4) is 0 Å². The van der Waals surface area contributed by atoms with Crippen LogP contribution in [0, 0.1) is 0 Å². The van der Waals surface area contributed by atoms with Crippen LogP contribution in [-0.2, 0) is 16.6 Å². The third-order valence-corrected chi connectivity index (χ3v) is 5.48. The van der Waals surface area contributed by atoms with E-state index in [2.05, 4.69) is 15.4 Å². The molecule has 144 valence electrons.